The minimum absolute atomic E-state index is 0.0815. The first-order chi connectivity index (χ1) is 17.4. The Kier molecular flexibility index (Phi) is 7.21. The van der Waals surface area contributed by atoms with Crippen molar-refractivity contribution in [1.29, 1.82) is 0 Å². The number of hydrogen-bond donors (Lipinski definition) is 3. The third kappa shape index (κ3) is 5.83. The third-order valence-electron chi connectivity index (χ3n) is 7.43. The molecule has 1 spiro atoms. The van der Waals surface area contributed by atoms with E-state index in [1.165, 1.54) is 31.0 Å². The van der Waals surface area contributed by atoms with Crippen molar-refractivity contribution in [3.63, 3.8) is 0 Å². The van der Waals surface area contributed by atoms with Crippen molar-refractivity contribution < 1.29 is 18.7 Å². The van der Waals surface area contributed by atoms with Crippen LogP contribution in [0.15, 0.2) is 30.5 Å². The molecule has 3 fully saturated rings. The van der Waals surface area contributed by atoms with E-state index in [0.717, 1.165) is 37.3 Å². The summed E-state index contributed by atoms with van der Waals surface area (Å²) in [6.45, 7) is 2.30. The molecule has 5 rings (SSSR count). The van der Waals surface area contributed by atoms with Gasteiger partial charge in [0.15, 0.2) is 0 Å². The smallest absolute Gasteiger partial charge is 0.260 e. The standard InChI is InChI=1S/C25H32F2N6O2S/c26-25(27)8-13-33(14-9-25)21-3-10-28-23(29-21)30-22(35)19-2-1-18(31-36-16-15-34)17-20(19)32-11-6-24(4-5-24)7-12-32/h1-3,10,17,31,34H,4-9,11-16H2,(H,28,29,30,35). The van der Waals surface area contributed by atoms with Crippen LogP contribution in [0.4, 0.5) is 31.9 Å². The van der Waals surface area contributed by atoms with Crippen LogP contribution < -0.4 is 19.8 Å². The fraction of sp³-hybridized carbons (Fsp3) is 0.560. The molecule has 1 aliphatic carbocycles. The molecule has 2 aromatic rings. The van der Waals surface area contributed by atoms with Gasteiger partial charge in [-0.25, -0.2) is 13.8 Å². The second-order valence-electron chi connectivity index (χ2n) is 9.93. The fourth-order valence-electron chi connectivity index (χ4n) is 4.94. The molecule has 11 heteroatoms. The molecule has 1 aromatic carbocycles. The van der Waals surface area contributed by atoms with E-state index in [-0.39, 0.29) is 44.4 Å². The maximum absolute atomic E-state index is 13.5. The van der Waals surface area contributed by atoms with Crippen molar-refractivity contribution in [1.82, 2.24) is 9.97 Å². The zero-order valence-electron chi connectivity index (χ0n) is 20.2. The molecule has 3 heterocycles. The Bertz CT molecular complexity index is 1080. The number of halogens is 2. The number of anilines is 4. The number of rotatable bonds is 8. The topological polar surface area (TPSA) is 93.6 Å². The number of aliphatic hydroxyl groups excluding tert-OH is 1. The van der Waals surface area contributed by atoms with Crippen LogP contribution in [0.5, 0.6) is 0 Å². The fourth-order valence-corrected chi connectivity index (χ4v) is 5.43. The summed E-state index contributed by atoms with van der Waals surface area (Å²) in [5.41, 5.74) is 2.77. The number of nitrogens with one attached hydrogen (secondary N) is 2. The minimum atomic E-state index is -2.64. The Labute approximate surface area is 214 Å². The van der Waals surface area contributed by atoms with E-state index in [2.05, 4.69) is 24.9 Å². The van der Waals surface area contributed by atoms with Gasteiger partial charge < -0.3 is 19.6 Å². The van der Waals surface area contributed by atoms with Gasteiger partial charge in [0.25, 0.3) is 11.8 Å². The quantitative estimate of drug-likeness (QED) is 0.350. The number of carbonyl (C=O) groups excluding carboxylic acids is 1. The molecule has 1 aromatic heterocycles. The van der Waals surface area contributed by atoms with Crippen molar-refractivity contribution in [3.8, 4) is 0 Å². The van der Waals surface area contributed by atoms with Crippen LogP contribution in [-0.2, 0) is 0 Å². The molecular weight excluding hydrogens is 486 g/mol. The van der Waals surface area contributed by atoms with E-state index in [1.807, 2.05) is 12.1 Å². The first-order valence-corrected chi connectivity index (χ1v) is 13.5. The van der Waals surface area contributed by atoms with E-state index < -0.39 is 5.92 Å². The number of alkyl halides is 2. The number of aliphatic hydroxyl groups is 1. The van der Waals surface area contributed by atoms with Gasteiger partial charge in [-0.3, -0.25) is 10.1 Å². The van der Waals surface area contributed by atoms with Gasteiger partial charge in [0.1, 0.15) is 5.82 Å². The first kappa shape index (κ1) is 25.0. The number of amides is 1. The van der Waals surface area contributed by atoms with E-state index in [1.54, 1.807) is 17.0 Å². The predicted octanol–water partition coefficient (Wildman–Crippen LogP) is 4.40. The number of benzene rings is 1. The van der Waals surface area contributed by atoms with Gasteiger partial charge in [-0.15, -0.1) is 0 Å². The molecule has 1 saturated carbocycles. The lowest BCUT2D eigenvalue weighted by molar-refractivity contribution is -0.0221. The third-order valence-corrected chi connectivity index (χ3v) is 8.20. The molecular formula is C25H32F2N6O2S. The number of carbonyl (C=O) groups is 1. The molecule has 194 valence electrons. The average molecular weight is 519 g/mol. The van der Waals surface area contributed by atoms with Gasteiger partial charge in [-0.05, 0) is 55.4 Å². The predicted molar refractivity (Wildman–Crippen MR) is 139 cm³/mol. The first-order valence-electron chi connectivity index (χ1n) is 12.5. The van der Waals surface area contributed by atoms with Crippen molar-refractivity contribution in [2.24, 2.45) is 5.41 Å². The zero-order valence-corrected chi connectivity index (χ0v) is 21.0. The van der Waals surface area contributed by atoms with Crippen molar-refractivity contribution in [3.05, 3.63) is 36.0 Å². The van der Waals surface area contributed by atoms with Gasteiger partial charge >= 0.3 is 0 Å². The molecule has 0 atom stereocenters. The van der Waals surface area contributed by atoms with Gasteiger partial charge in [0.05, 0.1) is 17.9 Å². The van der Waals surface area contributed by atoms with Crippen LogP contribution >= 0.6 is 11.9 Å². The normalized spacial score (nSPS) is 20.3. The maximum atomic E-state index is 13.5. The average Bonchev–Trinajstić information content (AvgIpc) is 3.63. The van der Waals surface area contributed by atoms with Crippen LogP contribution in [0, 0.1) is 5.41 Å². The van der Waals surface area contributed by atoms with Crippen LogP contribution in [0.2, 0.25) is 0 Å². The molecule has 3 N–H and O–H groups in total. The summed E-state index contributed by atoms with van der Waals surface area (Å²) < 4.78 is 30.3. The number of hydrogen-bond acceptors (Lipinski definition) is 8. The lowest BCUT2D eigenvalue weighted by Crippen LogP contribution is -2.39. The van der Waals surface area contributed by atoms with Gasteiger partial charge in [-0.2, -0.15) is 4.98 Å². The Morgan fingerprint density at radius 3 is 2.44 bits per heavy atom. The lowest BCUT2D eigenvalue weighted by Gasteiger charge is -2.35. The largest absolute Gasteiger partial charge is 0.395 e. The highest BCUT2D eigenvalue weighted by molar-refractivity contribution is 8.00. The van der Waals surface area contributed by atoms with E-state index in [0.29, 0.717) is 22.5 Å². The van der Waals surface area contributed by atoms with Crippen LogP contribution in [0.1, 0.15) is 48.9 Å². The number of nitrogens with zero attached hydrogens (tertiary/aromatic N) is 4. The van der Waals surface area contributed by atoms with Crippen molar-refractivity contribution in [2.75, 3.05) is 58.4 Å². The Morgan fingerprint density at radius 2 is 1.75 bits per heavy atom. The van der Waals surface area contributed by atoms with Crippen molar-refractivity contribution >= 4 is 41.0 Å². The highest BCUT2D eigenvalue weighted by atomic mass is 32.2. The van der Waals surface area contributed by atoms with Gasteiger partial charge in [0.2, 0.25) is 5.95 Å². The van der Waals surface area contributed by atoms with E-state index in [4.69, 9.17) is 5.11 Å². The second-order valence-corrected chi connectivity index (χ2v) is 10.8. The van der Waals surface area contributed by atoms with Gasteiger partial charge in [0, 0.05) is 56.7 Å². The molecule has 2 aliphatic heterocycles. The number of aromatic nitrogens is 2. The molecule has 1 amide bonds. The Hall–Kier alpha value is -2.66. The molecule has 0 radical (unpaired) electrons. The Balaban J connectivity index is 1.32. The summed E-state index contributed by atoms with van der Waals surface area (Å²) >= 11 is 1.41. The number of piperidine rings is 2. The summed E-state index contributed by atoms with van der Waals surface area (Å²) in [7, 11) is 0. The van der Waals surface area contributed by atoms with Crippen LogP contribution in [-0.4, -0.2) is 65.4 Å². The Morgan fingerprint density at radius 1 is 1.03 bits per heavy atom. The van der Waals surface area contributed by atoms with E-state index in [9.17, 15) is 13.6 Å². The summed E-state index contributed by atoms with van der Waals surface area (Å²) in [6.07, 6.45) is 5.98. The summed E-state index contributed by atoms with van der Waals surface area (Å²) in [5.74, 6) is -1.71. The van der Waals surface area contributed by atoms with Crippen LogP contribution in [0.3, 0.4) is 0 Å². The second kappa shape index (κ2) is 10.4. The highest BCUT2D eigenvalue weighted by Gasteiger charge is 2.44. The van der Waals surface area contributed by atoms with Crippen LogP contribution in [0.25, 0.3) is 0 Å². The molecule has 2 saturated heterocycles. The molecule has 8 nitrogen and oxygen atoms in total. The SMILES string of the molecule is O=C(Nc1nccc(N2CCC(F)(F)CC2)n1)c1ccc(NSCCO)cc1N1CCC2(CC1)CC2. The summed E-state index contributed by atoms with van der Waals surface area (Å²) in [4.78, 5) is 26.1. The monoisotopic (exact) mass is 518 g/mol. The molecule has 0 unspecified atom stereocenters. The zero-order chi connectivity index (χ0) is 25.2. The van der Waals surface area contributed by atoms with E-state index >= 15 is 0 Å². The molecule has 0 bridgehead atoms. The summed E-state index contributed by atoms with van der Waals surface area (Å²) in [6, 6.07) is 7.30. The molecule has 3 aliphatic rings. The minimum Gasteiger partial charge on any atom is -0.395 e. The maximum Gasteiger partial charge on any atom is 0.260 e. The van der Waals surface area contributed by atoms with Crippen molar-refractivity contribution in [2.45, 2.75) is 44.4 Å². The summed E-state index contributed by atoms with van der Waals surface area (Å²) in [5, 5.41) is 11.9. The lowest BCUT2D eigenvalue weighted by atomic mass is 9.93. The molecule has 36 heavy (non-hydrogen) atoms. The highest BCUT2D eigenvalue weighted by Crippen LogP contribution is 2.54. The van der Waals surface area contributed by atoms with Gasteiger partial charge in [-0.1, -0.05) is 11.9 Å².